The van der Waals surface area contributed by atoms with Crippen LogP contribution in [0.25, 0.3) is 0 Å². The van der Waals surface area contributed by atoms with Gasteiger partial charge in [-0.1, -0.05) is 6.42 Å². The third-order valence-corrected chi connectivity index (χ3v) is 7.82. The fourth-order valence-electron chi connectivity index (χ4n) is 5.93. The summed E-state index contributed by atoms with van der Waals surface area (Å²) in [7, 11) is 0. The van der Waals surface area contributed by atoms with Gasteiger partial charge in [-0.3, -0.25) is 24.6 Å². The fraction of sp³-hybridized carbons (Fsp3) is 0.538. The van der Waals surface area contributed by atoms with Crippen LogP contribution in [0.1, 0.15) is 72.0 Å². The highest BCUT2D eigenvalue weighted by molar-refractivity contribution is 6.05. The Hall–Kier alpha value is -3.20. The predicted octanol–water partition coefficient (Wildman–Crippen LogP) is 2.53. The van der Waals surface area contributed by atoms with Crippen molar-refractivity contribution in [1.82, 2.24) is 20.1 Å². The highest BCUT2D eigenvalue weighted by Gasteiger charge is 2.42. The number of nitrogens with one attached hydrogen (secondary N) is 1. The number of oxazole rings is 1. The monoisotopic (exact) mass is 478 g/mol. The van der Waals surface area contributed by atoms with E-state index >= 15 is 0 Å². The summed E-state index contributed by atoms with van der Waals surface area (Å²) in [6, 6.07) is 5.36. The second kappa shape index (κ2) is 8.78. The average molecular weight is 479 g/mol. The number of ether oxygens (including phenoxy) is 1. The van der Waals surface area contributed by atoms with Gasteiger partial charge in [0.05, 0.1) is 12.1 Å². The van der Waals surface area contributed by atoms with Gasteiger partial charge in [0.2, 0.25) is 11.8 Å². The summed E-state index contributed by atoms with van der Waals surface area (Å²) in [6.07, 6.45) is 6.94. The molecule has 0 spiro atoms. The Morgan fingerprint density at radius 1 is 1.11 bits per heavy atom. The number of hydrogen-bond acceptors (Lipinski definition) is 7. The molecule has 9 heteroatoms. The van der Waals surface area contributed by atoms with E-state index in [2.05, 4.69) is 15.2 Å². The zero-order chi connectivity index (χ0) is 24.1. The lowest BCUT2D eigenvalue weighted by atomic mass is 9.86. The lowest BCUT2D eigenvalue weighted by Gasteiger charge is -2.47. The number of aryl methyl sites for hydroxylation is 1. The number of rotatable bonds is 5. The van der Waals surface area contributed by atoms with Crippen LogP contribution in [-0.2, 0) is 16.1 Å². The Bertz CT molecular complexity index is 1170. The van der Waals surface area contributed by atoms with Crippen molar-refractivity contribution in [2.45, 2.75) is 76.1 Å². The Kier molecular flexibility index (Phi) is 5.59. The minimum Gasteiger partial charge on any atom is -0.489 e. The molecule has 9 nitrogen and oxygen atoms in total. The topological polar surface area (TPSA) is 105 Å². The first-order valence-corrected chi connectivity index (χ1v) is 12.6. The molecule has 4 heterocycles. The number of hydrogen-bond donors (Lipinski definition) is 1. The van der Waals surface area contributed by atoms with Crippen molar-refractivity contribution < 1.29 is 23.5 Å². The largest absolute Gasteiger partial charge is 0.489 e. The van der Waals surface area contributed by atoms with Crippen LogP contribution in [0.2, 0.25) is 0 Å². The molecule has 3 amide bonds. The predicted molar refractivity (Wildman–Crippen MR) is 125 cm³/mol. The third-order valence-electron chi connectivity index (χ3n) is 7.82. The van der Waals surface area contributed by atoms with E-state index in [0.717, 1.165) is 55.3 Å². The number of likely N-dealkylation sites (tertiary alicyclic amines) is 1. The van der Waals surface area contributed by atoms with Gasteiger partial charge in [0.25, 0.3) is 5.91 Å². The first-order valence-electron chi connectivity index (χ1n) is 12.6. The Morgan fingerprint density at radius 2 is 1.94 bits per heavy atom. The molecule has 6 rings (SSSR count). The molecule has 1 aromatic carbocycles. The van der Waals surface area contributed by atoms with Gasteiger partial charge in [-0.25, -0.2) is 4.98 Å². The Balaban J connectivity index is 1.12. The molecule has 4 aliphatic rings. The normalized spacial score (nSPS) is 27.5. The summed E-state index contributed by atoms with van der Waals surface area (Å²) in [5.41, 5.74) is 1.47. The molecule has 184 valence electrons. The maximum Gasteiger partial charge on any atom is 0.255 e. The van der Waals surface area contributed by atoms with Gasteiger partial charge < -0.3 is 14.1 Å². The first kappa shape index (κ1) is 22.3. The van der Waals surface area contributed by atoms with Crippen LogP contribution in [0.5, 0.6) is 5.75 Å². The van der Waals surface area contributed by atoms with E-state index in [1.807, 2.05) is 19.1 Å². The van der Waals surface area contributed by atoms with Gasteiger partial charge in [-0.2, -0.15) is 0 Å². The zero-order valence-corrected chi connectivity index (χ0v) is 19.9. The minimum atomic E-state index is -0.605. The molecule has 35 heavy (non-hydrogen) atoms. The van der Waals surface area contributed by atoms with Gasteiger partial charge in [0.15, 0.2) is 5.89 Å². The zero-order valence-electron chi connectivity index (χ0n) is 19.9. The van der Waals surface area contributed by atoms with Crippen LogP contribution in [-0.4, -0.2) is 63.8 Å². The second-order valence-electron chi connectivity index (χ2n) is 10.2. The number of carbonyl (C=O) groups is 3. The van der Waals surface area contributed by atoms with Crippen LogP contribution in [0.3, 0.4) is 0 Å². The standard InChI is InChI=1S/C26H30N4O5/c1-15-11-27-25(34-15)17-12-29(13-17)20-4-2-3-5-22(20)35-18-6-7-19-16(10-18)14-30(26(19)33)21-8-9-23(31)28-24(21)32/h6-7,10-11,17,20-22H,2-5,8-9,12-14H2,1H3,(H,28,31,32)/t20-,21?,22-/m0/s1. The van der Waals surface area contributed by atoms with Crippen molar-refractivity contribution >= 4 is 17.7 Å². The van der Waals surface area contributed by atoms with E-state index in [0.29, 0.717) is 30.5 Å². The molecule has 3 aliphatic heterocycles. The molecule has 1 N–H and O–H groups in total. The fourth-order valence-corrected chi connectivity index (χ4v) is 5.93. The average Bonchev–Trinajstić information content (AvgIpc) is 3.37. The van der Waals surface area contributed by atoms with Crippen molar-refractivity contribution in [2.24, 2.45) is 0 Å². The maximum atomic E-state index is 13.0. The maximum absolute atomic E-state index is 13.0. The lowest BCUT2D eigenvalue weighted by molar-refractivity contribution is -0.136. The summed E-state index contributed by atoms with van der Waals surface area (Å²) in [5.74, 6) is 1.95. The molecule has 2 aromatic rings. The van der Waals surface area contributed by atoms with Crippen LogP contribution in [0.15, 0.2) is 28.8 Å². The number of amides is 3. The van der Waals surface area contributed by atoms with Gasteiger partial charge >= 0.3 is 0 Å². The Labute approximate surface area is 203 Å². The van der Waals surface area contributed by atoms with E-state index in [1.54, 1.807) is 17.2 Å². The number of imide groups is 1. The van der Waals surface area contributed by atoms with Gasteiger partial charge in [-0.15, -0.1) is 0 Å². The molecule has 1 aromatic heterocycles. The third kappa shape index (κ3) is 4.11. The SMILES string of the molecule is Cc1cnc(C2CN([C@H]3CCCC[C@@H]3Oc3ccc4c(c3)CN(C3CCC(=O)NC3=O)C4=O)C2)o1. The van der Waals surface area contributed by atoms with E-state index in [4.69, 9.17) is 9.15 Å². The van der Waals surface area contributed by atoms with Gasteiger partial charge in [0, 0.05) is 37.7 Å². The molecular formula is C26H30N4O5. The van der Waals surface area contributed by atoms with Crippen LogP contribution in [0.4, 0.5) is 0 Å². The van der Waals surface area contributed by atoms with Crippen molar-refractivity contribution in [1.29, 1.82) is 0 Å². The van der Waals surface area contributed by atoms with Gasteiger partial charge in [-0.05, 0) is 56.4 Å². The van der Waals surface area contributed by atoms with Crippen molar-refractivity contribution in [3.05, 3.63) is 47.2 Å². The quantitative estimate of drug-likeness (QED) is 0.659. The summed E-state index contributed by atoms with van der Waals surface area (Å²) < 4.78 is 12.2. The van der Waals surface area contributed by atoms with E-state index in [9.17, 15) is 14.4 Å². The molecule has 3 fully saturated rings. The van der Waals surface area contributed by atoms with Crippen LogP contribution < -0.4 is 10.1 Å². The summed E-state index contributed by atoms with van der Waals surface area (Å²) in [4.78, 5) is 45.2. The molecule has 3 atom stereocenters. The number of fused-ring (bicyclic) bond motifs is 1. The summed E-state index contributed by atoms with van der Waals surface area (Å²) in [6.45, 7) is 4.15. The minimum absolute atomic E-state index is 0.0948. The van der Waals surface area contributed by atoms with E-state index in [-0.39, 0.29) is 24.3 Å². The lowest BCUT2D eigenvalue weighted by Crippen LogP contribution is -2.57. The van der Waals surface area contributed by atoms with Crippen LogP contribution >= 0.6 is 0 Å². The van der Waals surface area contributed by atoms with Crippen LogP contribution in [0, 0.1) is 6.92 Å². The second-order valence-corrected chi connectivity index (χ2v) is 10.2. The number of nitrogens with zero attached hydrogens (tertiary/aromatic N) is 3. The van der Waals surface area contributed by atoms with E-state index < -0.39 is 11.9 Å². The van der Waals surface area contributed by atoms with Crippen molar-refractivity contribution in [3.63, 3.8) is 0 Å². The molecule has 1 aliphatic carbocycles. The number of benzene rings is 1. The number of aromatic nitrogens is 1. The number of carbonyl (C=O) groups excluding carboxylic acids is 3. The Morgan fingerprint density at radius 3 is 2.71 bits per heavy atom. The van der Waals surface area contributed by atoms with Crippen molar-refractivity contribution in [2.75, 3.05) is 13.1 Å². The highest BCUT2D eigenvalue weighted by atomic mass is 16.5. The number of piperidine rings is 1. The van der Waals surface area contributed by atoms with E-state index in [1.165, 1.54) is 6.42 Å². The highest BCUT2D eigenvalue weighted by Crippen LogP contribution is 2.36. The first-order chi connectivity index (χ1) is 17.0. The molecule has 1 unspecified atom stereocenters. The molecule has 2 saturated heterocycles. The molecule has 0 bridgehead atoms. The molecule has 1 saturated carbocycles. The van der Waals surface area contributed by atoms with Crippen molar-refractivity contribution in [3.8, 4) is 5.75 Å². The summed E-state index contributed by atoms with van der Waals surface area (Å²) >= 11 is 0. The summed E-state index contributed by atoms with van der Waals surface area (Å²) in [5, 5.41) is 2.35. The van der Waals surface area contributed by atoms with Gasteiger partial charge in [0.1, 0.15) is 23.7 Å². The smallest absolute Gasteiger partial charge is 0.255 e. The molecular weight excluding hydrogens is 448 g/mol. The molecule has 0 radical (unpaired) electrons.